The first kappa shape index (κ1) is 14.4. The first-order valence-corrected chi connectivity index (χ1v) is 6.79. The van der Waals surface area contributed by atoms with Crippen molar-refractivity contribution in [2.45, 2.75) is 33.2 Å². The number of H-pyrrole nitrogens is 1. The van der Waals surface area contributed by atoms with Crippen molar-refractivity contribution in [1.29, 1.82) is 0 Å². The van der Waals surface area contributed by atoms with Crippen molar-refractivity contribution in [3.63, 3.8) is 0 Å². The van der Waals surface area contributed by atoms with Gasteiger partial charge in [-0.3, -0.25) is 13.9 Å². The van der Waals surface area contributed by atoms with Crippen LogP contribution in [0.3, 0.4) is 0 Å². The van der Waals surface area contributed by atoms with Gasteiger partial charge in [0.1, 0.15) is 0 Å². The van der Waals surface area contributed by atoms with Crippen molar-refractivity contribution in [1.82, 2.24) is 19.1 Å². The van der Waals surface area contributed by atoms with E-state index < -0.39 is 0 Å². The minimum Gasteiger partial charge on any atom is -0.353 e. The summed E-state index contributed by atoms with van der Waals surface area (Å²) in [6.07, 6.45) is 0.950. The molecule has 110 valence electrons. The summed E-state index contributed by atoms with van der Waals surface area (Å²) in [6, 6.07) is 0.261. The Labute approximate surface area is 116 Å². The molecular formula is C13H21N5O2. The van der Waals surface area contributed by atoms with Gasteiger partial charge in [-0.1, -0.05) is 20.8 Å². The highest BCUT2D eigenvalue weighted by Crippen LogP contribution is 2.14. The largest absolute Gasteiger partial charge is 0.353 e. The van der Waals surface area contributed by atoms with Crippen LogP contribution >= 0.6 is 0 Å². The lowest BCUT2D eigenvalue weighted by molar-refractivity contribution is 0.508. The first-order chi connectivity index (χ1) is 9.36. The maximum Gasteiger partial charge on any atom is 0.332 e. The summed E-state index contributed by atoms with van der Waals surface area (Å²) in [5.74, 6) is 0.971. The topological polar surface area (TPSA) is 84.7 Å². The summed E-state index contributed by atoms with van der Waals surface area (Å²) in [5.41, 5.74) is -0.0207. The highest BCUT2D eigenvalue weighted by Gasteiger charge is 2.16. The van der Waals surface area contributed by atoms with Gasteiger partial charge in [0.15, 0.2) is 11.2 Å². The summed E-state index contributed by atoms with van der Waals surface area (Å²) in [6.45, 7) is 6.34. The molecule has 0 saturated heterocycles. The van der Waals surface area contributed by atoms with E-state index in [9.17, 15) is 9.59 Å². The molecule has 0 aliphatic heterocycles. The van der Waals surface area contributed by atoms with E-state index in [1.807, 2.05) is 0 Å². The Morgan fingerprint density at radius 1 is 1.25 bits per heavy atom. The van der Waals surface area contributed by atoms with Crippen molar-refractivity contribution in [2.75, 3.05) is 5.32 Å². The number of aromatic amines is 1. The molecule has 2 heterocycles. The van der Waals surface area contributed by atoms with Crippen LogP contribution in [0.4, 0.5) is 5.95 Å². The SMILES string of the molecule is CCC(Nc1nc2c([nH]1)c(=O)n(C)c(=O)n2C)C(C)C. The van der Waals surface area contributed by atoms with E-state index in [4.69, 9.17) is 0 Å². The molecule has 0 saturated carbocycles. The number of nitrogens with zero attached hydrogens (tertiary/aromatic N) is 3. The quantitative estimate of drug-likeness (QED) is 0.867. The number of rotatable bonds is 4. The van der Waals surface area contributed by atoms with Crippen LogP contribution < -0.4 is 16.6 Å². The van der Waals surface area contributed by atoms with Crippen LogP contribution in [0.15, 0.2) is 9.59 Å². The molecule has 2 aromatic rings. The number of hydrogen-bond acceptors (Lipinski definition) is 4. The van der Waals surface area contributed by atoms with Crippen molar-refractivity contribution >= 4 is 17.1 Å². The Bertz CT molecular complexity index is 738. The molecule has 20 heavy (non-hydrogen) atoms. The zero-order valence-electron chi connectivity index (χ0n) is 12.5. The molecule has 7 nitrogen and oxygen atoms in total. The Kier molecular flexibility index (Phi) is 3.69. The second-order valence-corrected chi connectivity index (χ2v) is 5.39. The van der Waals surface area contributed by atoms with Crippen LogP contribution in [0.5, 0.6) is 0 Å². The monoisotopic (exact) mass is 279 g/mol. The van der Waals surface area contributed by atoms with Crippen LogP contribution in [0.1, 0.15) is 27.2 Å². The molecule has 2 N–H and O–H groups in total. The third-order valence-corrected chi connectivity index (χ3v) is 3.66. The lowest BCUT2D eigenvalue weighted by Crippen LogP contribution is -2.36. The molecule has 0 aromatic carbocycles. The lowest BCUT2D eigenvalue weighted by atomic mass is 10.0. The standard InChI is InChI=1S/C13H21N5O2/c1-6-8(7(2)3)14-12-15-9-10(16-12)17(4)13(20)18(5)11(9)19/h7-8H,6H2,1-5H3,(H2,14,15,16). The van der Waals surface area contributed by atoms with Crippen LogP contribution in [-0.2, 0) is 14.1 Å². The Hall–Kier alpha value is -2.05. The maximum atomic E-state index is 12.1. The third-order valence-electron chi connectivity index (χ3n) is 3.66. The predicted octanol–water partition coefficient (Wildman–Crippen LogP) is 0.807. The zero-order valence-corrected chi connectivity index (χ0v) is 12.5. The van der Waals surface area contributed by atoms with Gasteiger partial charge in [0, 0.05) is 20.1 Å². The molecule has 2 rings (SSSR count). The van der Waals surface area contributed by atoms with E-state index >= 15 is 0 Å². The number of hydrogen-bond donors (Lipinski definition) is 2. The smallest absolute Gasteiger partial charge is 0.332 e. The summed E-state index contributed by atoms with van der Waals surface area (Å²) >= 11 is 0. The number of nitrogens with one attached hydrogen (secondary N) is 2. The number of aromatic nitrogens is 4. The van der Waals surface area contributed by atoms with Crippen LogP contribution in [0.25, 0.3) is 11.2 Å². The van der Waals surface area contributed by atoms with E-state index in [2.05, 4.69) is 36.1 Å². The Morgan fingerprint density at radius 3 is 2.45 bits per heavy atom. The normalized spacial score (nSPS) is 13.1. The number of aryl methyl sites for hydroxylation is 1. The van der Waals surface area contributed by atoms with E-state index in [-0.39, 0.29) is 17.3 Å². The Balaban J connectivity index is 2.55. The van der Waals surface area contributed by atoms with Gasteiger partial charge < -0.3 is 10.3 Å². The van der Waals surface area contributed by atoms with Gasteiger partial charge in [-0.2, -0.15) is 4.98 Å². The Morgan fingerprint density at radius 2 is 1.90 bits per heavy atom. The van der Waals surface area contributed by atoms with E-state index in [1.54, 1.807) is 7.05 Å². The van der Waals surface area contributed by atoms with E-state index in [0.717, 1.165) is 11.0 Å². The minimum absolute atomic E-state index is 0.261. The highest BCUT2D eigenvalue weighted by atomic mass is 16.2. The van der Waals surface area contributed by atoms with Crippen molar-refractivity contribution in [3.8, 4) is 0 Å². The molecule has 0 amide bonds. The molecule has 0 aliphatic rings. The summed E-state index contributed by atoms with van der Waals surface area (Å²) < 4.78 is 2.44. The molecule has 0 spiro atoms. The summed E-state index contributed by atoms with van der Waals surface area (Å²) in [7, 11) is 3.06. The fourth-order valence-corrected chi connectivity index (χ4v) is 2.31. The van der Waals surface area contributed by atoms with Gasteiger partial charge in [0.25, 0.3) is 5.56 Å². The number of anilines is 1. The van der Waals surface area contributed by atoms with Crippen molar-refractivity contribution < 1.29 is 0 Å². The second-order valence-electron chi connectivity index (χ2n) is 5.39. The van der Waals surface area contributed by atoms with Crippen LogP contribution in [0, 0.1) is 5.92 Å². The molecule has 1 atom stereocenters. The van der Waals surface area contributed by atoms with Gasteiger partial charge in [-0.25, -0.2) is 4.79 Å². The van der Waals surface area contributed by atoms with E-state index in [1.165, 1.54) is 11.6 Å². The van der Waals surface area contributed by atoms with Gasteiger partial charge in [0.2, 0.25) is 5.95 Å². The molecule has 0 bridgehead atoms. The fraction of sp³-hybridized carbons (Fsp3) is 0.615. The maximum absolute atomic E-state index is 12.1. The van der Waals surface area contributed by atoms with Gasteiger partial charge in [-0.15, -0.1) is 0 Å². The molecular weight excluding hydrogens is 258 g/mol. The number of fused-ring (bicyclic) bond motifs is 1. The minimum atomic E-state index is -0.378. The van der Waals surface area contributed by atoms with E-state index in [0.29, 0.717) is 23.0 Å². The van der Waals surface area contributed by atoms with Crippen LogP contribution in [-0.4, -0.2) is 25.1 Å². The summed E-state index contributed by atoms with van der Waals surface area (Å²) in [4.78, 5) is 31.2. The van der Waals surface area contributed by atoms with Crippen molar-refractivity contribution in [3.05, 3.63) is 20.8 Å². The average Bonchev–Trinajstić information content (AvgIpc) is 2.84. The van der Waals surface area contributed by atoms with Gasteiger partial charge in [-0.05, 0) is 12.3 Å². The fourth-order valence-electron chi connectivity index (χ4n) is 2.31. The number of imidazole rings is 1. The van der Waals surface area contributed by atoms with Gasteiger partial charge >= 0.3 is 5.69 Å². The molecule has 7 heteroatoms. The highest BCUT2D eigenvalue weighted by molar-refractivity contribution is 5.72. The molecule has 0 radical (unpaired) electrons. The second kappa shape index (κ2) is 5.15. The molecule has 2 aromatic heterocycles. The van der Waals surface area contributed by atoms with Crippen LogP contribution in [0.2, 0.25) is 0 Å². The first-order valence-electron chi connectivity index (χ1n) is 6.79. The lowest BCUT2D eigenvalue weighted by Gasteiger charge is -2.19. The molecule has 0 fully saturated rings. The zero-order chi connectivity index (χ0) is 15.0. The summed E-state index contributed by atoms with van der Waals surface area (Å²) in [5, 5.41) is 3.28. The van der Waals surface area contributed by atoms with Crippen molar-refractivity contribution in [2.24, 2.45) is 20.0 Å². The molecule has 1 unspecified atom stereocenters. The molecule has 0 aliphatic carbocycles. The predicted molar refractivity (Wildman–Crippen MR) is 79.1 cm³/mol. The average molecular weight is 279 g/mol. The third kappa shape index (κ3) is 2.23. The van der Waals surface area contributed by atoms with Gasteiger partial charge in [0.05, 0.1) is 0 Å².